The van der Waals surface area contributed by atoms with Crippen LogP contribution in [-0.4, -0.2) is 51.4 Å². The molecule has 0 unspecified atom stereocenters. The van der Waals surface area contributed by atoms with E-state index < -0.39 is 5.41 Å². The van der Waals surface area contributed by atoms with Crippen LogP contribution in [0.4, 0.5) is 0 Å². The molecule has 0 aromatic heterocycles. The van der Waals surface area contributed by atoms with Crippen molar-refractivity contribution in [2.75, 3.05) is 39.6 Å². The molecule has 0 amide bonds. The smallest absolute Gasteiger partial charge is 0.199 e. The van der Waals surface area contributed by atoms with E-state index in [0.29, 0.717) is 39.6 Å². The highest BCUT2D eigenvalue weighted by Crippen LogP contribution is 2.42. The summed E-state index contributed by atoms with van der Waals surface area (Å²) in [4.78, 5) is 10.3. The fourth-order valence-corrected chi connectivity index (χ4v) is 8.87. The molecule has 4 aromatic carbocycles. The van der Waals surface area contributed by atoms with Crippen molar-refractivity contribution in [3.8, 4) is 23.0 Å². The van der Waals surface area contributed by atoms with Crippen LogP contribution in [0.2, 0.25) is 0 Å². The number of aryl methyl sites for hydroxylation is 4. The molecule has 320 valence electrons. The average Bonchev–Trinajstić information content (AvgIpc) is 3.95. The van der Waals surface area contributed by atoms with E-state index in [1.54, 1.807) is 0 Å². The summed E-state index contributed by atoms with van der Waals surface area (Å²) >= 11 is 0. The summed E-state index contributed by atoms with van der Waals surface area (Å²) in [5, 5.41) is 0. The van der Waals surface area contributed by atoms with Crippen molar-refractivity contribution in [3.05, 3.63) is 117 Å². The Morgan fingerprint density at radius 2 is 0.833 bits per heavy atom. The second-order valence-electron chi connectivity index (χ2n) is 17.5. The molecule has 0 N–H and O–H groups in total. The number of rotatable bonds is 2. The molecule has 0 aliphatic carbocycles. The van der Waals surface area contributed by atoms with E-state index in [9.17, 15) is 0 Å². The minimum atomic E-state index is -0.498. The van der Waals surface area contributed by atoms with Gasteiger partial charge in [-0.1, -0.05) is 76.2 Å². The van der Waals surface area contributed by atoms with Crippen LogP contribution in [0, 0.1) is 33.1 Å². The fraction of sp³-hybridized carbons (Fsp3) is 0.500. The predicted octanol–water partition coefficient (Wildman–Crippen LogP) is 12.3. The van der Waals surface area contributed by atoms with Crippen LogP contribution >= 0.6 is 0 Å². The summed E-state index contributed by atoms with van der Waals surface area (Å²) in [6, 6.07) is 25.7. The number of ether oxygens (including phenoxy) is 6. The van der Waals surface area contributed by atoms with E-state index in [1.165, 1.54) is 33.4 Å². The van der Waals surface area contributed by atoms with Gasteiger partial charge in [0.15, 0.2) is 11.8 Å². The predicted molar refractivity (Wildman–Crippen MR) is 242 cm³/mol. The molecule has 0 saturated carbocycles. The SMILES string of the molecule is CCC1(CC)C2=N[C@@H](CO2)c2ccc(cc2)OCCCCCOc2c(C)cc(cc2C)C(C)(C)c2cc(C)c(c(C)c2)OCCCCCOc2ccc(cc2)[C@@H]2COC1=N2. The molecule has 60 heavy (non-hydrogen) atoms. The topological polar surface area (TPSA) is 80.1 Å². The molecule has 0 radical (unpaired) electrons. The van der Waals surface area contributed by atoms with Crippen LogP contribution in [0.5, 0.6) is 23.0 Å². The van der Waals surface area contributed by atoms with Gasteiger partial charge in [-0.15, -0.1) is 0 Å². The first kappa shape index (κ1) is 43.1. The van der Waals surface area contributed by atoms with Crippen LogP contribution in [0.3, 0.4) is 0 Å². The summed E-state index contributed by atoms with van der Waals surface area (Å²) in [6.45, 7) is 21.3. The van der Waals surface area contributed by atoms with Crippen molar-refractivity contribution >= 4 is 11.8 Å². The number of nitrogens with zero attached hydrogens (tertiary/aromatic N) is 2. The number of hydrogen-bond donors (Lipinski definition) is 0. The summed E-state index contributed by atoms with van der Waals surface area (Å²) < 4.78 is 37.8. The Balaban J connectivity index is 1.05. The van der Waals surface area contributed by atoms with Gasteiger partial charge in [0, 0.05) is 5.41 Å². The Morgan fingerprint density at radius 1 is 0.483 bits per heavy atom. The van der Waals surface area contributed by atoms with Crippen LogP contribution < -0.4 is 18.9 Å². The quantitative estimate of drug-likeness (QED) is 0.200. The summed E-state index contributed by atoms with van der Waals surface area (Å²) in [5.74, 6) is 5.17. The highest BCUT2D eigenvalue weighted by atomic mass is 16.5. The average molecular weight is 815 g/mol. The summed E-state index contributed by atoms with van der Waals surface area (Å²) in [6.07, 6.45) is 7.51. The lowest BCUT2D eigenvalue weighted by atomic mass is 9.76. The lowest BCUT2D eigenvalue weighted by Gasteiger charge is -2.29. The molecule has 7 heterocycles. The second kappa shape index (κ2) is 19.2. The van der Waals surface area contributed by atoms with E-state index in [4.69, 9.17) is 38.4 Å². The van der Waals surface area contributed by atoms with Crippen molar-refractivity contribution < 1.29 is 28.4 Å². The van der Waals surface area contributed by atoms with E-state index in [0.717, 1.165) is 97.3 Å². The van der Waals surface area contributed by atoms with Gasteiger partial charge in [0.05, 0.1) is 26.4 Å². The molecule has 11 rings (SSSR count). The van der Waals surface area contributed by atoms with Crippen LogP contribution in [0.1, 0.15) is 136 Å². The van der Waals surface area contributed by atoms with Gasteiger partial charge in [-0.3, -0.25) is 0 Å². The third-order valence-electron chi connectivity index (χ3n) is 12.8. The third-order valence-corrected chi connectivity index (χ3v) is 12.8. The maximum Gasteiger partial charge on any atom is 0.199 e. The van der Waals surface area contributed by atoms with Crippen LogP contribution in [-0.2, 0) is 14.9 Å². The van der Waals surface area contributed by atoms with Gasteiger partial charge < -0.3 is 28.4 Å². The Kier molecular flexibility index (Phi) is 13.8. The van der Waals surface area contributed by atoms with E-state index in [2.05, 4.69) is 104 Å². The Labute approximate surface area is 358 Å². The second-order valence-corrected chi connectivity index (χ2v) is 17.5. The standard InChI is InChI=1S/C52H66N2O6/c1-9-52(10-2)49-53-45(33-59-49)39-17-21-43(22-18-39)55-25-13-11-15-27-57-47-35(3)29-41(30-36(47)4)51(7,8)42-31-37(5)48(38(6)32-42)58-28-16-12-14-26-56-44-23-19-40(20-24-44)46-34-60-50(52)54-46/h17-24,29-32,45-46H,9-16,25-28,33-34H2,1-8H3/t45-,46-/m0/s1. The molecule has 12 bridgehead atoms. The Morgan fingerprint density at radius 3 is 1.18 bits per heavy atom. The van der Waals surface area contributed by atoms with Gasteiger partial charge in [0.1, 0.15) is 53.7 Å². The van der Waals surface area contributed by atoms with Crippen molar-refractivity contribution in [2.45, 2.75) is 124 Å². The van der Waals surface area contributed by atoms with Crippen molar-refractivity contribution in [3.63, 3.8) is 0 Å². The van der Waals surface area contributed by atoms with Gasteiger partial charge in [-0.25, -0.2) is 9.98 Å². The molecule has 8 heteroatoms. The third kappa shape index (κ3) is 9.48. The zero-order valence-electron chi connectivity index (χ0n) is 37.3. The monoisotopic (exact) mass is 814 g/mol. The van der Waals surface area contributed by atoms with E-state index >= 15 is 0 Å². The minimum absolute atomic E-state index is 0.0816. The molecule has 7 aliphatic rings. The van der Waals surface area contributed by atoms with Crippen molar-refractivity contribution in [1.82, 2.24) is 0 Å². The molecule has 0 saturated heterocycles. The number of aliphatic imine (C=N–C) groups is 2. The minimum Gasteiger partial charge on any atom is -0.494 e. The summed E-state index contributed by atoms with van der Waals surface area (Å²) in [7, 11) is 0. The lowest BCUT2D eigenvalue weighted by Crippen LogP contribution is -2.39. The normalized spacial score (nSPS) is 20.9. The Bertz CT molecular complexity index is 1940. The molecule has 7 aliphatic heterocycles. The van der Waals surface area contributed by atoms with Gasteiger partial charge in [0.25, 0.3) is 0 Å². The first-order chi connectivity index (χ1) is 29.0. The molecule has 2 atom stereocenters. The molecule has 0 fully saturated rings. The lowest BCUT2D eigenvalue weighted by molar-refractivity contribution is 0.245. The molecule has 0 spiro atoms. The van der Waals surface area contributed by atoms with Gasteiger partial charge in [-0.2, -0.15) is 0 Å². The van der Waals surface area contributed by atoms with E-state index in [-0.39, 0.29) is 17.5 Å². The maximum absolute atomic E-state index is 6.39. The van der Waals surface area contributed by atoms with Gasteiger partial charge in [-0.05, 0) is 148 Å². The largest absolute Gasteiger partial charge is 0.494 e. The molecular weight excluding hydrogens is 749 g/mol. The first-order valence-corrected chi connectivity index (χ1v) is 22.4. The fourth-order valence-electron chi connectivity index (χ4n) is 8.87. The Hall–Kier alpha value is -4.98. The zero-order chi connectivity index (χ0) is 42.3. The van der Waals surface area contributed by atoms with Crippen molar-refractivity contribution in [2.24, 2.45) is 15.4 Å². The zero-order valence-corrected chi connectivity index (χ0v) is 37.3. The maximum atomic E-state index is 6.39. The number of fused-ring (bicyclic) bond motifs is 4. The first-order valence-electron chi connectivity index (χ1n) is 22.4. The number of benzene rings is 4. The van der Waals surface area contributed by atoms with E-state index in [1.807, 2.05) is 24.3 Å². The van der Waals surface area contributed by atoms with Crippen LogP contribution in [0.15, 0.2) is 82.8 Å². The molecule has 8 nitrogen and oxygen atoms in total. The highest BCUT2D eigenvalue weighted by Gasteiger charge is 2.46. The van der Waals surface area contributed by atoms with Crippen molar-refractivity contribution in [1.29, 1.82) is 0 Å². The van der Waals surface area contributed by atoms with Crippen LogP contribution in [0.25, 0.3) is 0 Å². The number of hydrogen-bond acceptors (Lipinski definition) is 8. The van der Waals surface area contributed by atoms with Gasteiger partial charge >= 0.3 is 0 Å². The highest BCUT2D eigenvalue weighted by molar-refractivity contribution is 6.06. The molecule has 4 aromatic rings. The van der Waals surface area contributed by atoms with Gasteiger partial charge in [0.2, 0.25) is 0 Å². The molecular formula is C52H66N2O6. The summed E-state index contributed by atoms with van der Waals surface area (Å²) in [5.41, 5.74) is 8.81.